The van der Waals surface area contributed by atoms with Gasteiger partial charge in [-0.05, 0) is 75.7 Å². The fourth-order valence-corrected chi connectivity index (χ4v) is 5.33. The van der Waals surface area contributed by atoms with Gasteiger partial charge in [0.2, 0.25) is 5.91 Å². The Labute approximate surface area is 174 Å². The highest BCUT2D eigenvalue weighted by Crippen LogP contribution is 2.27. The molecule has 0 bridgehead atoms. The molecule has 0 radical (unpaired) electrons. The number of aliphatic hydroxyl groups is 1. The van der Waals surface area contributed by atoms with E-state index in [2.05, 4.69) is 25.8 Å². The van der Waals surface area contributed by atoms with E-state index in [1.807, 2.05) is 18.5 Å². The van der Waals surface area contributed by atoms with Crippen LogP contribution in [-0.2, 0) is 11.3 Å². The molecule has 1 N–H and O–H groups in total. The summed E-state index contributed by atoms with van der Waals surface area (Å²) in [6, 6.07) is 4.79. The molecule has 3 aliphatic rings. The normalized spacial score (nSPS) is 26.0. The van der Waals surface area contributed by atoms with Crippen molar-refractivity contribution >= 4 is 5.91 Å². The monoisotopic (exact) mass is 400 g/mol. The lowest BCUT2D eigenvalue weighted by Crippen LogP contribution is -2.52. The molecular weight excluding hydrogens is 364 g/mol. The molecule has 6 heteroatoms. The number of likely N-dealkylation sites (tertiary alicyclic amines) is 3. The van der Waals surface area contributed by atoms with E-state index < -0.39 is 0 Å². The second-order valence-electron chi connectivity index (χ2n) is 9.15. The van der Waals surface area contributed by atoms with Gasteiger partial charge in [-0.1, -0.05) is 6.07 Å². The number of hydrogen-bond acceptors (Lipinski definition) is 5. The third kappa shape index (κ3) is 5.36. The van der Waals surface area contributed by atoms with Gasteiger partial charge in [-0.25, -0.2) is 0 Å². The number of carbonyl (C=O) groups excluding carboxylic acids is 1. The summed E-state index contributed by atoms with van der Waals surface area (Å²) in [7, 11) is 0. The van der Waals surface area contributed by atoms with Crippen molar-refractivity contribution in [1.82, 2.24) is 19.7 Å². The van der Waals surface area contributed by atoms with Crippen LogP contribution in [-0.4, -0.2) is 82.6 Å². The summed E-state index contributed by atoms with van der Waals surface area (Å²) >= 11 is 0. The van der Waals surface area contributed by atoms with E-state index in [4.69, 9.17) is 0 Å². The Morgan fingerprint density at radius 2 is 1.86 bits per heavy atom. The smallest absolute Gasteiger partial charge is 0.226 e. The van der Waals surface area contributed by atoms with Crippen LogP contribution in [0.3, 0.4) is 0 Å². The van der Waals surface area contributed by atoms with Crippen molar-refractivity contribution < 1.29 is 9.90 Å². The third-order valence-electron chi connectivity index (χ3n) is 7.19. The van der Waals surface area contributed by atoms with Gasteiger partial charge in [-0.2, -0.15) is 0 Å². The number of rotatable bonds is 5. The number of aromatic nitrogens is 1. The Balaban J connectivity index is 1.24. The van der Waals surface area contributed by atoms with Crippen LogP contribution in [0.1, 0.15) is 44.1 Å². The van der Waals surface area contributed by atoms with E-state index in [1.165, 1.54) is 18.4 Å². The summed E-state index contributed by atoms with van der Waals surface area (Å²) < 4.78 is 0. The van der Waals surface area contributed by atoms with Crippen LogP contribution in [0, 0.1) is 11.8 Å². The van der Waals surface area contributed by atoms with E-state index in [-0.39, 0.29) is 12.5 Å². The number of carbonyl (C=O) groups is 1. The molecule has 0 aromatic carbocycles. The van der Waals surface area contributed by atoms with Gasteiger partial charge in [-0.15, -0.1) is 0 Å². The topological polar surface area (TPSA) is 59.9 Å². The molecule has 1 amide bonds. The van der Waals surface area contributed by atoms with Crippen LogP contribution in [0.2, 0.25) is 0 Å². The van der Waals surface area contributed by atoms with Gasteiger partial charge in [0.1, 0.15) is 0 Å². The molecule has 160 valence electrons. The minimum absolute atomic E-state index is 0.169. The highest BCUT2D eigenvalue weighted by Gasteiger charge is 2.34. The largest absolute Gasteiger partial charge is 0.396 e. The first kappa shape index (κ1) is 20.8. The molecule has 0 saturated carbocycles. The van der Waals surface area contributed by atoms with E-state index in [9.17, 15) is 9.90 Å². The molecule has 4 rings (SSSR count). The highest BCUT2D eigenvalue weighted by atomic mass is 16.3. The summed E-state index contributed by atoms with van der Waals surface area (Å²) in [5.74, 6) is 0.918. The second kappa shape index (κ2) is 10.0. The first-order chi connectivity index (χ1) is 14.2. The predicted octanol–water partition coefficient (Wildman–Crippen LogP) is 1.99. The van der Waals surface area contributed by atoms with Crippen molar-refractivity contribution in [1.29, 1.82) is 0 Å². The molecule has 1 atom stereocenters. The molecule has 4 heterocycles. The van der Waals surface area contributed by atoms with Crippen molar-refractivity contribution in [3.05, 3.63) is 30.1 Å². The highest BCUT2D eigenvalue weighted by molar-refractivity contribution is 5.79. The standard InChI is InChI=1S/C23H36N4O2/c28-18-19-5-13-26(14-6-19)23(29)21-4-2-10-27(17-21)22-7-11-25(12-8-22)16-20-3-1-9-24-15-20/h1,3,9,15,19,21-22,28H,2,4-8,10-14,16-18H2/t21-/m1/s1. The zero-order valence-electron chi connectivity index (χ0n) is 17.6. The maximum absolute atomic E-state index is 13.1. The Hall–Kier alpha value is -1.50. The zero-order chi connectivity index (χ0) is 20.1. The summed E-state index contributed by atoms with van der Waals surface area (Å²) in [6.45, 7) is 7.24. The van der Waals surface area contributed by atoms with E-state index >= 15 is 0 Å². The van der Waals surface area contributed by atoms with Crippen molar-refractivity contribution in [3.63, 3.8) is 0 Å². The van der Waals surface area contributed by atoms with E-state index in [0.717, 1.165) is 71.5 Å². The molecule has 29 heavy (non-hydrogen) atoms. The number of amides is 1. The first-order valence-electron chi connectivity index (χ1n) is 11.5. The molecule has 0 unspecified atom stereocenters. The van der Waals surface area contributed by atoms with Crippen molar-refractivity contribution in [2.75, 3.05) is 45.9 Å². The molecule has 0 spiro atoms. The first-order valence-corrected chi connectivity index (χ1v) is 11.5. The number of nitrogens with zero attached hydrogens (tertiary/aromatic N) is 4. The number of pyridine rings is 1. The Bertz CT molecular complexity index is 640. The molecule has 1 aromatic heterocycles. The lowest BCUT2D eigenvalue weighted by atomic mass is 9.91. The fraction of sp³-hybridized carbons (Fsp3) is 0.739. The Morgan fingerprint density at radius 1 is 1.07 bits per heavy atom. The maximum atomic E-state index is 13.1. The average molecular weight is 401 g/mol. The van der Waals surface area contributed by atoms with E-state index in [1.54, 1.807) is 0 Å². The summed E-state index contributed by atoms with van der Waals surface area (Å²) in [5.41, 5.74) is 1.29. The second-order valence-corrected chi connectivity index (χ2v) is 9.15. The predicted molar refractivity (Wildman–Crippen MR) is 113 cm³/mol. The molecular formula is C23H36N4O2. The van der Waals surface area contributed by atoms with Crippen LogP contribution in [0.4, 0.5) is 0 Å². The molecule has 3 fully saturated rings. The molecule has 3 saturated heterocycles. The van der Waals surface area contributed by atoms with Crippen molar-refractivity contribution in [2.45, 2.75) is 51.1 Å². The van der Waals surface area contributed by atoms with Crippen molar-refractivity contribution in [2.24, 2.45) is 11.8 Å². The number of hydrogen-bond donors (Lipinski definition) is 1. The minimum atomic E-state index is 0.169. The van der Waals surface area contributed by atoms with Crippen LogP contribution in [0.25, 0.3) is 0 Å². The SMILES string of the molecule is O=C([C@@H]1CCCN(C2CCN(Cc3cccnc3)CC2)C1)N1CCC(CO)CC1. The van der Waals surface area contributed by atoms with Gasteiger partial charge in [0.05, 0.1) is 5.92 Å². The van der Waals surface area contributed by atoms with Gasteiger partial charge in [0.25, 0.3) is 0 Å². The van der Waals surface area contributed by atoms with Crippen LogP contribution in [0.5, 0.6) is 0 Å². The Kier molecular flexibility index (Phi) is 7.16. The lowest BCUT2D eigenvalue weighted by Gasteiger charge is -2.43. The third-order valence-corrected chi connectivity index (χ3v) is 7.19. The van der Waals surface area contributed by atoms with Gasteiger partial charge in [0.15, 0.2) is 0 Å². The van der Waals surface area contributed by atoms with Gasteiger partial charge >= 0.3 is 0 Å². The quantitative estimate of drug-likeness (QED) is 0.819. The number of aliphatic hydroxyl groups excluding tert-OH is 1. The van der Waals surface area contributed by atoms with Crippen LogP contribution in [0.15, 0.2) is 24.5 Å². The van der Waals surface area contributed by atoms with Gasteiger partial charge < -0.3 is 10.0 Å². The maximum Gasteiger partial charge on any atom is 0.226 e. The van der Waals surface area contributed by atoms with Crippen LogP contribution >= 0.6 is 0 Å². The zero-order valence-corrected chi connectivity index (χ0v) is 17.6. The fourth-order valence-electron chi connectivity index (χ4n) is 5.33. The minimum Gasteiger partial charge on any atom is -0.396 e. The molecule has 0 aliphatic carbocycles. The Morgan fingerprint density at radius 3 is 2.55 bits per heavy atom. The average Bonchev–Trinajstić information content (AvgIpc) is 2.80. The molecule has 6 nitrogen and oxygen atoms in total. The molecule has 3 aliphatic heterocycles. The van der Waals surface area contributed by atoms with E-state index in [0.29, 0.717) is 17.9 Å². The summed E-state index contributed by atoms with van der Waals surface area (Å²) in [4.78, 5) is 24.5. The summed E-state index contributed by atoms with van der Waals surface area (Å²) in [6.07, 6.45) is 10.3. The van der Waals surface area contributed by atoms with Gasteiger partial charge in [0, 0.05) is 51.2 Å². The van der Waals surface area contributed by atoms with Crippen molar-refractivity contribution in [3.8, 4) is 0 Å². The summed E-state index contributed by atoms with van der Waals surface area (Å²) in [5, 5.41) is 9.33. The van der Waals surface area contributed by atoms with Crippen LogP contribution < -0.4 is 0 Å². The van der Waals surface area contributed by atoms with Gasteiger partial charge in [-0.3, -0.25) is 19.6 Å². The molecule has 1 aromatic rings. The lowest BCUT2D eigenvalue weighted by molar-refractivity contribution is -0.139. The number of piperidine rings is 3.